The van der Waals surface area contributed by atoms with E-state index >= 15 is 0 Å². The smallest absolute Gasteiger partial charge is 0.183 e. The summed E-state index contributed by atoms with van der Waals surface area (Å²) in [5, 5.41) is 11.3. The first-order valence-corrected chi connectivity index (χ1v) is 7.51. The van der Waals surface area contributed by atoms with Gasteiger partial charge in [0.15, 0.2) is 5.76 Å². The maximum absolute atomic E-state index is 5.41. The van der Waals surface area contributed by atoms with E-state index in [1.165, 1.54) is 0 Å². The zero-order valence-electron chi connectivity index (χ0n) is 11.4. The van der Waals surface area contributed by atoms with Crippen molar-refractivity contribution in [2.24, 2.45) is 0 Å². The lowest BCUT2D eigenvalue weighted by atomic mass is 10.1. The third kappa shape index (κ3) is 2.27. The molecule has 108 valence electrons. The molecule has 5 nitrogen and oxygen atoms in total. The van der Waals surface area contributed by atoms with E-state index in [2.05, 4.69) is 36.3 Å². The summed E-state index contributed by atoms with van der Waals surface area (Å²) in [5.41, 5.74) is 4.50. The third-order valence-corrected chi connectivity index (χ3v) is 3.95. The number of H-pyrrole nitrogens is 2. The molecule has 3 aromatic heterocycles. The maximum Gasteiger partial charge on any atom is 0.183 e. The van der Waals surface area contributed by atoms with Gasteiger partial charge < -0.3 is 9.51 Å². The van der Waals surface area contributed by atoms with Crippen LogP contribution in [-0.4, -0.2) is 20.3 Å². The van der Waals surface area contributed by atoms with Crippen LogP contribution < -0.4 is 0 Å². The second-order valence-electron chi connectivity index (χ2n) is 4.83. The monoisotopic (exact) mass is 354 g/mol. The number of aromatic nitrogens is 4. The highest BCUT2D eigenvalue weighted by Crippen LogP contribution is 2.32. The summed E-state index contributed by atoms with van der Waals surface area (Å²) in [7, 11) is 0. The molecule has 0 amide bonds. The van der Waals surface area contributed by atoms with Crippen LogP contribution in [0.1, 0.15) is 0 Å². The van der Waals surface area contributed by atoms with Crippen molar-refractivity contribution in [3.05, 3.63) is 59.3 Å². The topological polar surface area (TPSA) is 70.5 Å². The molecule has 0 unspecified atom stereocenters. The second kappa shape index (κ2) is 5.31. The van der Waals surface area contributed by atoms with Gasteiger partial charge in [-0.2, -0.15) is 5.10 Å². The van der Waals surface area contributed by atoms with Gasteiger partial charge in [0.1, 0.15) is 5.69 Å². The van der Waals surface area contributed by atoms with Crippen molar-refractivity contribution in [1.82, 2.24) is 20.3 Å². The van der Waals surface area contributed by atoms with E-state index in [0.717, 1.165) is 32.7 Å². The molecular formula is C16H11BrN4O. The normalized spacial score (nSPS) is 11.0. The van der Waals surface area contributed by atoms with Gasteiger partial charge >= 0.3 is 0 Å². The molecule has 4 rings (SSSR count). The minimum Gasteiger partial charge on any atom is -0.359 e. The fourth-order valence-corrected chi connectivity index (χ4v) is 2.60. The van der Waals surface area contributed by atoms with Gasteiger partial charge in [0.25, 0.3) is 0 Å². The average molecular weight is 355 g/mol. The summed E-state index contributed by atoms with van der Waals surface area (Å²) >= 11 is 3.44. The molecule has 0 atom stereocenters. The lowest BCUT2D eigenvalue weighted by Gasteiger charge is -2.00. The van der Waals surface area contributed by atoms with Crippen LogP contribution in [0.15, 0.2) is 63.9 Å². The first kappa shape index (κ1) is 13.1. The van der Waals surface area contributed by atoms with Crippen LogP contribution in [0, 0.1) is 0 Å². The van der Waals surface area contributed by atoms with Gasteiger partial charge in [-0.05, 0) is 29.8 Å². The molecule has 0 fully saturated rings. The highest BCUT2D eigenvalue weighted by molar-refractivity contribution is 9.10. The molecule has 0 spiro atoms. The summed E-state index contributed by atoms with van der Waals surface area (Å²) in [6, 6.07) is 13.8. The van der Waals surface area contributed by atoms with Gasteiger partial charge in [-0.15, -0.1) is 0 Å². The Morgan fingerprint density at radius 3 is 2.73 bits per heavy atom. The number of nitrogens with zero attached hydrogens (tertiary/aromatic N) is 2. The minimum absolute atomic E-state index is 0.691. The van der Waals surface area contributed by atoms with Crippen LogP contribution in [0.4, 0.5) is 0 Å². The molecule has 6 heteroatoms. The van der Waals surface area contributed by atoms with E-state index < -0.39 is 0 Å². The van der Waals surface area contributed by atoms with Crippen molar-refractivity contribution in [3.63, 3.8) is 0 Å². The van der Waals surface area contributed by atoms with E-state index in [-0.39, 0.29) is 0 Å². The fraction of sp³-hybridized carbons (Fsp3) is 0. The molecular weight excluding hydrogens is 344 g/mol. The largest absolute Gasteiger partial charge is 0.359 e. The van der Waals surface area contributed by atoms with Crippen LogP contribution in [0.3, 0.4) is 0 Å². The standard InChI is InChI=1S/C16H11BrN4O/c17-11-5-3-10(4-6-11)12-9-19-20-16(12)14-8-15(22-21-14)13-2-1-7-18-13/h1-9,18H,(H,19,20). The predicted octanol–water partition coefficient (Wildman–Crippen LogP) is 4.49. The quantitative estimate of drug-likeness (QED) is 0.569. The first-order valence-electron chi connectivity index (χ1n) is 6.71. The van der Waals surface area contributed by atoms with E-state index in [4.69, 9.17) is 4.52 Å². The highest BCUT2D eigenvalue weighted by atomic mass is 79.9. The van der Waals surface area contributed by atoms with Gasteiger partial charge in [-0.25, -0.2) is 0 Å². The van der Waals surface area contributed by atoms with Gasteiger partial charge in [-0.1, -0.05) is 33.2 Å². The van der Waals surface area contributed by atoms with Crippen LogP contribution in [0.25, 0.3) is 34.0 Å². The maximum atomic E-state index is 5.41. The number of hydrogen-bond acceptors (Lipinski definition) is 3. The number of rotatable bonds is 3. The molecule has 2 N–H and O–H groups in total. The van der Waals surface area contributed by atoms with E-state index in [9.17, 15) is 0 Å². The van der Waals surface area contributed by atoms with E-state index in [0.29, 0.717) is 5.76 Å². The Morgan fingerprint density at radius 2 is 1.95 bits per heavy atom. The zero-order valence-corrected chi connectivity index (χ0v) is 13.0. The summed E-state index contributed by atoms with van der Waals surface area (Å²) in [6.07, 6.45) is 3.64. The van der Waals surface area contributed by atoms with E-state index in [1.807, 2.05) is 48.7 Å². The molecule has 0 aliphatic rings. The highest BCUT2D eigenvalue weighted by Gasteiger charge is 2.15. The fourth-order valence-electron chi connectivity index (χ4n) is 2.33. The van der Waals surface area contributed by atoms with Gasteiger partial charge in [0, 0.05) is 22.3 Å². The predicted molar refractivity (Wildman–Crippen MR) is 87.0 cm³/mol. The third-order valence-electron chi connectivity index (χ3n) is 3.42. The lowest BCUT2D eigenvalue weighted by Crippen LogP contribution is -1.82. The van der Waals surface area contributed by atoms with Crippen LogP contribution in [0.2, 0.25) is 0 Å². The molecule has 0 radical (unpaired) electrons. The zero-order chi connectivity index (χ0) is 14.9. The SMILES string of the molecule is Brc1ccc(-c2cn[nH]c2-c2cc(-c3ccc[nH]3)on2)cc1. The second-order valence-corrected chi connectivity index (χ2v) is 5.74. The minimum atomic E-state index is 0.691. The molecule has 0 saturated carbocycles. The summed E-state index contributed by atoms with van der Waals surface area (Å²) in [5.74, 6) is 0.691. The summed E-state index contributed by atoms with van der Waals surface area (Å²) in [4.78, 5) is 3.10. The van der Waals surface area contributed by atoms with Crippen molar-refractivity contribution in [2.45, 2.75) is 0 Å². The Morgan fingerprint density at radius 1 is 1.09 bits per heavy atom. The van der Waals surface area contributed by atoms with Gasteiger partial charge in [-0.3, -0.25) is 5.10 Å². The van der Waals surface area contributed by atoms with Crippen LogP contribution >= 0.6 is 15.9 Å². The average Bonchev–Trinajstić information content (AvgIpc) is 3.27. The lowest BCUT2D eigenvalue weighted by molar-refractivity contribution is 0.433. The Hall–Kier alpha value is -2.60. The number of nitrogens with one attached hydrogen (secondary N) is 2. The van der Waals surface area contributed by atoms with E-state index in [1.54, 1.807) is 6.20 Å². The number of benzene rings is 1. The summed E-state index contributed by atoms with van der Waals surface area (Å²) < 4.78 is 6.44. The molecule has 1 aromatic carbocycles. The Bertz CT molecular complexity index is 891. The van der Waals surface area contributed by atoms with Crippen LogP contribution in [-0.2, 0) is 0 Å². The Labute approximate surface area is 134 Å². The van der Waals surface area contributed by atoms with Crippen molar-refractivity contribution in [3.8, 4) is 34.0 Å². The van der Waals surface area contributed by atoms with Gasteiger partial charge in [0.05, 0.1) is 17.6 Å². The molecule has 3 heterocycles. The molecule has 0 saturated heterocycles. The number of aromatic amines is 2. The van der Waals surface area contributed by atoms with Crippen LogP contribution in [0.5, 0.6) is 0 Å². The van der Waals surface area contributed by atoms with Crippen molar-refractivity contribution in [1.29, 1.82) is 0 Å². The van der Waals surface area contributed by atoms with Crippen molar-refractivity contribution < 1.29 is 4.52 Å². The van der Waals surface area contributed by atoms with Crippen molar-refractivity contribution in [2.75, 3.05) is 0 Å². The molecule has 0 aliphatic heterocycles. The van der Waals surface area contributed by atoms with Gasteiger partial charge in [0.2, 0.25) is 0 Å². The van der Waals surface area contributed by atoms with Crippen molar-refractivity contribution >= 4 is 15.9 Å². The molecule has 0 aliphatic carbocycles. The molecule has 0 bridgehead atoms. The Kier molecular flexibility index (Phi) is 3.16. The summed E-state index contributed by atoms with van der Waals surface area (Å²) in [6.45, 7) is 0. The Balaban J connectivity index is 1.75. The number of hydrogen-bond donors (Lipinski definition) is 2. The molecule has 22 heavy (non-hydrogen) atoms. The molecule has 4 aromatic rings. The number of halogens is 1. The first-order chi connectivity index (χ1) is 10.8.